The molecule has 2 aromatic carbocycles. The maximum Gasteiger partial charge on any atom is 0.196 e. The van der Waals surface area contributed by atoms with Gasteiger partial charge in [-0.3, -0.25) is 4.79 Å². The van der Waals surface area contributed by atoms with Gasteiger partial charge in [-0.2, -0.15) is 0 Å². The van der Waals surface area contributed by atoms with Gasteiger partial charge in [-0.25, -0.2) is 0 Å². The number of carbonyl (C=O) groups is 1. The molecule has 0 heterocycles. The molecular weight excluding hydrogens is 276 g/mol. The number of phenols is 1. The van der Waals surface area contributed by atoms with Crippen LogP contribution < -0.4 is 4.74 Å². The molecule has 0 aliphatic heterocycles. The molecule has 0 amide bonds. The number of aromatic hydroxyl groups is 1. The summed E-state index contributed by atoms with van der Waals surface area (Å²) < 4.78 is 5.91. The standard InChI is InChI=1S/C19H20O3/c20-18-13-16(22-15-9-5-2-6-10-15)11-12-17(18)19(21)14-7-3-1-4-8-14/h1,3-4,7-8,11-13,15,20H,2,5-6,9-10H2. The van der Waals surface area contributed by atoms with E-state index < -0.39 is 0 Å². The number of phenolic OH excluding ortho intramolecular Hbond substituents is 1. The summed E-state index contributed by atoms with van der Waals surface area (Å²) in [6.45, 7) is 0. The number of hydrogen-bond acceptors (Lipinski definition) is 3. The fraction of sp³-hybridized carbons (Fsp3) is 0.316. The highest BCUT2D eigenvalue weighted by molar-refractivity contribution is 6.10. The molecule has 0 atom stereocenters. The third-order valence-corrected chi connectivity index (χ3v) is 4.10. The highest BCUT2D eigenvalue weighted by Gasteiger charge is 2.17. The summed E-state index contributed by atoms with van der Waals surface area (Å²) in [6, 6.07) is 13.9. The van der Waals surface area contributed by atoms with Crippen molar-refractivity contribution >= 4 is 5.78 Å². The fourth-order valence-electron chi connectivity index (χ4n) is 2.90. The van der Waals surface area contributed by atoms with Crippen LogP contribution in [0.1, 0.15) is 48.0 Å². The molecule has 0 saturated heterocycles. The number of carbonyl (C=O) groups excluding carboxylic acids is 1. The summed E-state index contributed by atoms with van der Waals surface area (Å²) in [5.41, 5.74) is 0.876. The van der Waals surface area contributed by atoms with Crippen LogP contribution in [-0.4, -0.2) is 17.0 Å². The van der Waals surface area contributed by atoms with E-state index >= 15 is 0 Å². The molecule has 1 aliphatic carbocycles. The first-order valence-electron chi connectivity index (χ1n) is 7.83. The Bertz CT molecular complexity index is 643. The van der Waals surface area contributed by atoms with E-state index in [1.54, 1.807) is 30.3 Å². The van der Waals surface area contributed by atoms with E-state index in [4.69, 9.17) is 4.74 Å². The van der Waals surface area contributed by atoms with Gasteiger partial charge in [0.1, 0.15) is 11.5 Å². The van der Waals surface area contributed by atoms with Gasteiger partial charge in [0.15, 0.2) is 5.78 Å². The van der Waals surface area contributed by atoms with Gasteiger partial charge in [-0.05, 0) is 37.8 Å². The Hall–Kier alpha value is -2.29. The van der Waals surface area contributed by atoms with Gasteiger partial charge >= 0.3 is 0 Å². The molecule has 0 aromatic heterocycles. The lowest BCUT2D eigenvalue weighted by atomic mass is 9.97. The Labute approximate surface area is 130 Å². The zero-order valence-corrected chi connectivity index (χ0v) is 12.5. The molecule has 0 spiro atoms. The highest BCUT2D eigenvalue weighted by Crippen LogP contribution is 2.29. The Kier molecular flexibility index (Phi) is 4.42. The van der Waals surface area contributed by atoms with E-state index in [0.29, 0.717) is 16.9 Å². The van der Waals surface area contributed by atoms with Crippen LogP contribution >= 0.6 is 0 Å². The van der Waals surface area contributed by atoms with Crippen molar-refractivity contribution in [2.75, 3.05) is 0 Å². The summed E-state index contributed by atoms with van der Waals surface area (Å²) in [7, 11) is 0. The van der Waals surface area contributed by atoms with Crippen LogP contribution in [0.15, 0.2) is 48.5 Å². The number of ketones is 1. The fourth-order valence-corrected chi connectivity index (χ4v) is 2.90. The van der Waals surface area contributed by atoms with Crippen molar-refractivity contribution in [3.63, 3.8) is 0 Å². The van der Waals surface area contributed by atoms with Crippen LogP contribution in [0.2, 0.25) is 0 Å². The first-order chi connectivity index (χ1) is 10.7. The third-order valence-electron chi connectivity index (χ3n) is 4.10. The van der Waals surface area contributed by atoms with Crippen molar-refractivity contribution in [2.45, 2.75) is 38.2 Å². The predicted octanol–water partition coefficient (Wildman–Crippen LogP) is 4.33. The van der Waals surface area contributed by atoms with Gasteiger partial charge in [-0.1, -0.05) is 36.8 Å². The van der Waals surface area contributed by atoms with E-state index in [1.165, 1.54) is 19.3 Å². The molecule has 3 rings (SSSR count). The maximum absolute atomic E-state index is 12.4. The molecule has 2 aromatic rings. The van der Waals surface area contributed by atoms with Gasteiger partial charge in [0.2, 0.25) is 0 Å². The summed E-state index contributed by atoms with van der Waals surface area (Å²) >= 11 is 0. The van der Waals surface area contributed by atoms with Crippen molar-refractivity contribution in [3.05, 3.63) is 59.7 Å². The van der Waals surface area contributed by atoms with Crippen molar-refractivity contribution in [1.82, 2.24) is 0 Å². The number of rotatable bonds is 4. The summed E-state index contributed by atoms with van der Waals surface area (Å²) in [6.07, 6.45) is 6.01. The van der Waals surface area contributed by atoms with Crippen LogP contribution in [0.3, 0.4) is 0 Å². The first kappa shape index (κ1) is 14.6. The number of ether oxygens (including phenoxy) is 1. The molecule has 1 fully saturated rings. The minimum atomic E-state index is -0.178. The molecule has 3 heteroatoms. The minimum absolute atomic E-state index is 0.0258. The zero-order valence-electron chi connectivity index (χ0n) is 12.5. The number of hydrogen-bond donors (Lipinski definition) is 1. The third kappa shape index (κ3) is 3.30. The molecular formula is C19H20O3. The lowest BCUT2D eigenvalue weighted by molar-refractivity contribution is 0.103. The molecule has 1 aliphatic rings. The average molecular weight is 296 g/mol. The molecule has 0 bridgehead atoms. The van der Waals surface area contributed by atoms with Crippen LogP contribution in [-0.2, 0) is 0 Å². The summed E-state index contributed by atoms with van der Waals surface area (Å²) in [5.74, 6) is 0.429. The van der Waals surface area contributed by atoms with Gasteiger partial charge < -0.3 is 9.84 Å². The van der Waals surface area contributed by atoms with E-state index in [0.717, 1.165) is 12.8 Å². The number of benzene rings is 2. The second-order valence-electron chi connectivity index (χ2n) is 5.75. The van der Waals surface area contributed by atoms with E-state index in [-0.39, 0.29) is 17.6 Å². The highest BCUT2D eigenvalue weighted by atomic mass is 16.5. The lowest BCUT2D eigenvalue weighted by Crippen LogP contribution is -2.19. The first-order valence-corrected chi connectivity index (χ1v) is 7.83. The van der Waals surface area contributed by atoms with Crippen molar-refractivity contribution in [1.29, 1.82) is 0 Å². The van der Waals surface area contributed by atoms with Gasteiger partial charge in [0.05, 0.1) is 11.7 Å². The Balaban J connectivity index is 1.76. The van der Waals surface area contributed by atoms with Crippen LogP contribution in [0, 0.1) is 0 Å². The van der Waals surface area contributed by atoms with E-state index in [1.807, 2.05) is 18.2 Å². The molecule has 1 saturated carbocycles. The zero-order chi connectivity index (χ0) is 15.4. The second kappa shape index (κ2) is 6.65. The Morgan fingerprint density at radius 1 is 1.00 bits per heavy atom. The van der Waals surface area contributed by atoms with E-state index in [9.17, 15) is 9.90 Å². The normalized spacial score (nSPS) is 15.5. The Morgan fingerprint density at radius 2 is 1.73 bits per heavy atom. The summed E-state index contributed by atoms with van der Waals surface area (Å²) in [5, 5.41) is 10.2. The topological polar surface area (TPSA) is 46.5 Å². The van der Waals surface area contributed by atoms with Gasteiger partial charge in [0, 0.05) is 11.6 Å². The lowest BCUT2D eigenvalue weighted by Gasteiger charge is -2.23. The SMILES string of the molecule is O=C(c1ccccc1)c1ccc(OC2CCCCC2)cc1O. The van der Waals surface area contributed by atoms with E-state index in [2.05, 4.69) is 0 Å². The molecule has 114 valence electrons. The monoisotopic (exact) mass is 296 g/mol. The Morgan fingerprint density at radius 3 is 2.41 bits per heavy atom. The molecule has 1 N–H and O–H groups in total. The largest absolute Gasteiger partial charge is 0.507 e. The molecule has 0 radical (unpaired) electrons. The minimum Gasteiger partial charge on any atom is -0.507 e. The van der Waals surface area contributed by atoms with Crippen molar-refractivity contribution in [2.24, 2.45) is 0 Å². The molecule has 0 unspecified atom stereocenters. The maximum atomic E-state index is 12.4. The van der Waals surface area contributed by atoms with Crippen LogP contribution in [0.5, 0.6) is 11.5 Å². The molecule has 22 heavy (non-hydrogen) atoms. The van der Waals surface area contributed by atoms with Crippen molar-refractivity contribution in [3.8, 4) is 11.5 Å². The quantitative estimate of drug-likeness (QED) is 0.854. The molecule has 3 nitrogen and oxygen atoms in total. The van der Waals surface area contributed by atoms with Crippen molar-refractivity contribution < 1.29 is 14.6 Å². The average Bonchev–Trinajstić information content (AvgIpc) is 2.56. The van der Waals surface area contributed by atoms with Crippen LogP contribution in [0.25, 0.3) is 0 Å². The summed E-state index contributed by atoms with van der Waals surface area (Å²) in [4.78, 5) is 12.4. The van der Waals surface area contributed by atoms with Gasteiger partial charge in [0.25, 0.3) is 0 Å². The predicted molar refractivity (Wildman–Crippen MR) is 85.5 cm³/mol. The smallest absolute Gasteiger partial charge is 0.196 e. The second-order valence-corrected chi connectivity index (χ2v) is 5.75. The van der Waals surface area contributed by atoms with Crippen LogP contribution in [0.4, 0.5) is 0 Å². The van der Waals surface area contributed by atoms with Gasteiger partial charge in [-0.15, -0.1) is 0 Å².